The summed E-state index contributed by atoms with van der Waals surface area (Å²) in [5.74, 6) is 0.924. The lowest BCUT2D eigenvalue weighted by atomic mass is 10.1. The number of pyridine rings is 1. The number of carboxylic acid groups (broad SMARTS) is 1. The number of carboxylic acids is 1. The van der Waals surface area contributed by atoms with Crippen LogP contribution in [0.3, 0.4) is 0 Å². The maximum atomic E-state index is 14.3. The molecule has 2 aromatic carbocycles. The molecular weight excluding hydrogens is 567 g/mol. The molecule has 4 heterocycles. The number of aromatic nitrogens is 3. The van der Waals surface area contributed by atoms with Crippen molar-refractivity contribution in [3.8, 4) is 17.7 Å². The minimum Gasteiger partial charge on any atom is -0.494 e. The van der Waals surface area contributed by atoms with Crippen molar-refractivity contribution >= 4 is 22.8 Å². The number of piperazine rings is 1. The zero-order chi connectivity index (χ0) is 30.8. The van der Waals surface area contributed by atoms with E-state index in [1.54, 1.807) is 24.3 Å². The lowest BCUT2D eigenvalue weighted by Gasteiger charge is -2.40. The molecule has 44 heavy (non-hydrogen) atoms. The Balaban J connectivity index is 1.16. The number of hydrogen-bond donors (Lipinski definition) is 1. The third kappa shape index (κ3) is 6.02. The van der Waals surface area contributed by atoms with E-state index in [4.69, 9.17) is 24.5 Å². The minimum atomic E-state index is -1.02. The smallest absolute Gasteiger partial charge is 0.335 e. The van der Waals surface area contributed by atoms with Crippen molar-refractivity contribution in [3.05, 3.63) is 76.9 Å². The van der Waals surface area contributed by atoms with Gasteiger partial charge in [0.1, 0.15) is 35.3 Å². The van der Waals surface area contributed by atoms with Crippen molar-refractivity contribution in [2.24, 2.45) is 0 Å². The number of nitrogens with zero attached hydrogens (tertiary/aromatic N) is 6. The summed E-state index contributed by atoms with van der Waals surface area (Å²) in [6.07, 6.45) is 1.01. The number of rotatable bonds is 10. The molecule has 0 saturated carbocycles. The molecule has 1 N–H and O–H groups in total. The molecule has 2 fully saturated rings. The molecule has 2 saturated heterocycles. The largest absolute Gasteiger partial charge is 0.494 e. The first-order valence-electron chi connectivity index (χ1n) is 14.5. The van der Waals surface area contributed by atoms with Gasteiger partial charge in [-0.25, -0.2) is 14.2 Å². The second-order valence-corrected chi connectivity index (χ2v) is 11.1. The molecule has 4 aromatic rings. The van der Waals surface area contributed by atoms with E-state index >= 15 is 0 Å². The van der Waals surface area contributed by atoms with E-state index < -0.39 is 11.8 Å². The van der Waals surface area contributed by atoms with Gasteiger partial charge in [-0.2, -0.15) is 10.2 Å². The molecule has 228 valence electrons. The van der Waals surface area contributed by atoms with Gasteiger partial charge in [0.05, 0.1) is 49.0 Å². The normalized spacial score (nSPS) is 18.5. The van der Waals surface area contributed by atoms with E-state index in [2.05, 4.69) is 26.3 Å². The first kappa shape index (κ1) is 29.3. The maximum Gasteiger partial charge on any atom is 0.335 e. The Morgan fingerprint density at radius 1 is 1.20 bits per heavy atom. The quantitative estimate of drug-likeness (QED) is 0.283. The van der Waals surface area contributed by atoms with E-state index in [0.717, 1.165) is 49.8 Å². The van der Waals surface area contributed by atoms with E-state index in [9.17, 15) is 14.3 Å². The van der Waals surface area contributed by atoms with Gasteiger partial charge in [0, 0.05) is 43.9 Å². The van der Waals surface area contributed by atoms with Crippen LogP contribution < -0.4 is 14.4 Å². The Hall–Kier alpha value is -4.73. The van der Waals surface area contributed by atoms with Crippen molar-refractivity contribution < 1.29 is 28.5 Å². The highest BCUT2D eigenvalue weighted by molar-refractivity contribution is 5.95. The third-order valence-electron chi connectivity index (χ3n) is 8.24. The summed E-state index contributed by atoms with van der Waals surface area (Å²) in [7, 11) is 1.52. The average Bonchev–Trinajstić information content (AvgIpc) is 3.35. The van der Waals surface area contributed by atoms with Gasteiger partial charge in [0.25, 0.3) is 0 Å². The van der Waals surface area contributed by atoms with Crippen molar-refractivity contribution in [1.82, 2.24) is 19.4 Å². The first-order valence-corrected chi connectivity index (χ1v) is 14.5. The molecule has 0 aliphatic carbocycles. The van der Waals surface area contributed by atoms with Gasteiger partial charge in [0.15, 0.2) is 0 Å². The van der Waals surface area contributed by atoms with Gasteiger partial charge in [0.2, 0.25) is 5.88 Å². The van der Waals surface area contributed by atoms with Crippen LogP contribution >= 0.6 is 0 Å². The van der Waals surface area contributed by atoms with E-state index in [0.29, 0.717) is 35.8 Å². The van der Waals surface area contributed by atoms with Gasteiger partial charge in [-0.1, -0.05) is 12.1 Å². The summed E-state index contributed by atoms with van der Waals surface area (Å²) < 4.78 is 33.4. The van der Waals surface area contributed by atoms with Crippen LogP contribution in [0.4, 0.5) is 10.2 Å². The van der Waals surface area contributed by atoms with Crippen LogP contribution in [0.5, 0.6) is 11.6 Å². The number of anilines is 1. The number of hydrogen-bond acceptors (Lipinski definition) is 9. The summed E-state index contributed by atoms with van der Waals surface area (Å²) in [5.41, 5.74) is 2.13. The molecule has 0 spiro atoms. The fraction of sp³-hybridized carbons (Fsp3) is 0.375. The molecule has 6 rings (SSSR count). The maximum absolute atomic E-state index is 14.3. The number of imidazole rings is 1. The van der Waals surface area contributed by atoms with Gasteiger partial charge in [-0.05, 0) is 43.7 Å². The second kappa shape index (κ2) is 12.5. The molecule has 2 aliphatic rings. The van der Waals surface area contributed by atoms with Crippen LogP contribution in [0.25, 0.3) is 11.0 Å². The number of fused-ring (bicyclic) bond motifs is 1. The Kier molecular flexibility index (Phi) is 8.32. The molecule has 0 amide bonds. The van der Waals surface area contributed by atoms with E-state index in [-0.39, 0.29) is 29.9 Å². The Morgan fingerprint density at radius 3 is 2.73 bits per heavy atom. The van der Waals surface area contributed by atoms with Gasteiger partial charge >= 0.3 is 5.97 Å². The average molecular weight is 601 g/mol. The monoisotopic (exact) mass is 600 g/mol. The lowest BCUT2D eigenvalue weighted by Crippen LogP contribution is -2.52. The molecule has 0 radical (unpaired) electrons. The van der Waals surface area contributed by atoms with Gasteiger partial charge < -0.3 is 28.8 Å². The Bertz CT molecular complexity index is 1730. The second-order valence-electron chi connectivity index (χ2n) is 11.1. The SMILES string of the molecule is COc1cc(C(=O)O)cc2c1nc(CN1CCN(c3cccc(OCc4ccc(C#N)cc4F)n3)C[C@@H]1C)n2C[C@@H]1CCO1. The molecule has 2 aromatic heterocycles. The zero-order valence-corrected chi connectivity index (χ0v) is 24.6. The van der Waals surface area contributed by atoms with E-state index in [1.165, 1.54) is 19.2 Å². The molecule has 12 heteroatoms. The van der Waals surface area contributed by atoms with Crippen LogP contribution in [0.2, 0.25) is 0 Å². The highest BCUT2D eigenvalue weighted by Crippen LogP contribution is 2.31. The van der Waals surface area contributed by atoms with Crippen LogP contribution in [0.1, 0.15) is 40.7 Å². The number of nitriles is 1. The zero-order valence-electron chi connectivity index (χ0n) is 24.6. The van der Waals surface area contributed by atoms with Crippen LogP contribution in [0.15, 0.2) is 48.5 Å². The fourth-order valence-electron chi connectivity index (χ4n) is 5.64. The van der Waals surface area contributed by atoms with Crippen molar-refractivity contribution in [1.29, 1.82) is 5.26 Å². The fourth-order valence-corrected chi connectivity index (χ4v) is 5.64. The third-order valence-corrected chi connectivity index (χ3v) is 8.24. The Morgan fingerprint density at radius 2 is 2.05 bits per heavy atom. The first-order chi connectivity index (χ1) is 21.3. The predicted molar refractivity (Wildman–Crippen MR) is 159 cm³/mol. The number of ether oxygens (including phenoxy) is 3. The van der Waals surface area contributed by atoms with Crippen molar-refractivity contribution in [3.63, 3.8) is 0 Å². The lowest BCUT2D eigenvalue weighted by molar-refractivity contribution is -0.0592. The number of methoxy groups -OCH3 is 1. The summed E-state index contributed by atoms with van der Waals surface area (Å²) in [4.78, 5) is 26.0. The van der Waals surface area contributed by atoms with Crippen LogP contribution in [-0.4, -0.2) is 76.0 Å². The summed E-state index contributed by atoms with van der Waals surface area (Å²) in [6.45, 7) is 6.26. The molecule has 11 nitrogen and oxygen atoms in total. The highest BCUT2D eigenvalue weighted by atomic mass is 19.1. The number of benzene rings is 2. The summed E-state index contributed by atoms with van der Waals surface area (Å²) in [6, 6.07) is 15.1. The van der Waals surface area contributed by atoms with Gasteiger partial charge in [-0.3, -0.25) is 4.90 Å². The van der Waals surface area contributed by atoms with Gasteiger partial charge in [-0.15, -0.1) is 0 Å². The van der Waals surface area contributed by atoms with E-state index in [1.807, 2.05) is 18.2 Å². The van der Waals surface area contributed by atoms with Crippen LogP contribution in [-0.2, 0) is 24.4 Å². The molecule has 2 atom stereocenters. The standard InChI is InChI=1S/C32H33FN6O5/c1-20-16-38(28-4-3-5-30(35-28)44-19-22-7-6-21(15-34)12-25(22)33)10-9-37(20)18-29-36-31-26(39(29)17-24-8-11-43-24)13-23(32(40)41)14-27(31)42-2/h3-7,12-14,20,24H,8-11,16-19H2,1-2H3,(H,40,41)/t20-,24-/m0/s1. The molecule has 0 unspecified atom stereocenters. The molecule has 2 aliphatic heterocycles. The van der Waals surface area contributed by atoms with Crippen LogP contribution in [0, 0.1) is 17.1 Å². The summed E-state index contributed by atoms with van der Waals surface area (Å²) in [5, 5.41) is 18.6. The number of carbonyl (C=O) groups is 1. The Labute approximate surface area is 254 Å². The van der Waals surface area contributed by atoms with Crippen molar-refractivity contribution in [2.75, 3.05) is 38.3 Å². The number of halogens is 1. The number of aromatic carboxylic acids is 1. The summed E-state index contributed by atoms with van der Waals surface area (Å²) >= 11 is 0. The predicted octanol–water partition coefficient (Wildman–Crippen LogP) is 4.23. The molecule has 0 bridgehead atoms. The molecular formula is C32H33FN6O5. The van der Waals surface area contributed by atoms with Crippen molar-refractivity contribution in [2.45, 2.75) is 45.2 Å². The highest BCUT2D eigenvalue weighted by Gasteiger charge is 2.29. The topological polar surface area (TPSA) is 126 Å². The minimum absolute atomic E-state index is 0.00379.